The number of benzene rings is 1. The highest BCUT2D eigenvalue weighted by atomic mass is 16.4. The number of carbonyl (C=O) groups excluding carboxylic acids is 1. The summed E-state index contributed by atoms with van der Waals surface area (Å²) in [5.41, 5.74) is 6.86. The molecule has 98 valence electrons. The molecule has 6 heteroatoms. The Morgan fingerprint density at radius 2 is 2.06 bits per heavy atom. The van der Waals surface area contributed by atoms with Crippen molar-refractivity contribution in [1.82, 2.24) is 4.90 Å². The molecule has 0 spiro atoms. The molecule has 18 heavy (non-hydrogen) atoms. The SMILES string of the molecule is CN(C)C(=O)CCNc1cc(C(=O)O)ccc1N. The van der Waals surface area contributed by atoms with Crippen LogP contribution in [0.5, 0.6) is 0 Å². The molecule has 0 aliphatic carbocycles. The van der Waals surface area contributed by atoms with E-state index in [1.807, 2.05) is 0 Å². The highest BCUT2D eigenvalue weighted by molar-refractivity contribution is 5.90. The Morgan fingerprint density at radius 1 is 1.39 bits per heavy atom. The molecule has 0 aliphatic heterocycles. The third kappa shape index (κ3) is 3.65. The Hall–Kier alpha value is -2.24. The van der Waals surface area contributed by atoms with Crippen molar-refractivity contribution in [2.45, 2.75) is 6.42 Å². The highest BCUT2D eigenvalue weighted by Gasteiger charge is 2.07. The van der Waals surface area contributed by atoms with Gasteiger partial charge in [0.25, 0.3) is 0 Å². The number of rotatable bonds is 5. The van der Waals surface area contributed by atoms with E-state index in [0.717, 1.165) is 0 Å². The van der Waals surface area contributed by atoms with Crippen LogP contribution in [0.1, 0.15) is 16.8 Å². The largest absolute Gasteiger partial charge is 0.478 e. The topological polar surface area (TPSA) is 95.7 Å². The molecule has 0 saturated heterocycles. The number of carbonyl (C=O) groups is 2. The second kappa shape index (κ2) is 5.90. The number of hydrogen-bond acceptors (Lipinski definition) is 4. The molecule has 0 atom stereocenters. The Labute approximate surface area is 105 Å². The third-order valence-corrected chi connectivity index (χ3v) is 2.45. The molecule has 1 aromatic rings. The van der Waals surface area contributed by atoms with Gasteiger partial charge < -0.3 is 21.1 Å². The van der Waals surface area contributed by atoms with Gasteiger partial charge in [-0.1, -0.05) is 0 Å². The minimum absolute atomic E-state index is 0.00420. The fourth-order valence-corrected chi connectivity index (χ4v) is 1.37. The van der Waals surface area contributed by atoms with E-state index in [-0.39, 0.29) is 11.5 Å². The van der Waals surface area contributed by atoms with Crippen LogP contribution in [0.4, 0.5) is 11.4 Å². The van der Waals surface area contributed by atoms with Gasteiger partial charge in [0.1, 0.15) is 0 Å². The van der Waals surface area contributed by atoms with E-state index >= 15 is 0 Å². The van der Waals surface area contributed by atoms with Crippen molar-refractivity contribution in [3.05, 3.63) is 23.8 Å². The summed E-state index contributed by atoms with van der Waals surface area (Å²) >= 11 is 0. The molecule has 4 N–H and O–H groups in total. The number of amides is 1. The van der Waals surface area contributed by atoms with E-state index in [2.05, 4.69) is 5.32 Å². The molecule has 6 nitrogen and oxygen atoms in total. The molecule has 1 aromatic carbocycles. The van der Waals surface area contributed by atoms with E-state index in [9.17, 15) is 9.59 Å². The zero-order valence-corrected chi connectivity index (χ0v) is 10.4. The Kier molecular flexibility index (Phi) is 4.53. The lowest BCUT2D eigenvalue weighted by molar-refractivity contribution is -0.128. The molecule has 0 bridgehead atoms. The zero-order chi connectivity index (χ0) is 13.7. The molecular formula is C12H17N3O3. The first-order chi connectivity index (χ1) is 8.41. The van der Waals surface area contributed by atoms with Gasteiger partial charge in [-0.15, -0.1) is 0 Å². The standard InChI is InChI=1S/C12H17N3O3/c1-15(2)11(16)5-6-14-10-7-8(12(17)18)3-4-9(10)13/h3-4,7,14H,5-6,13H2,1-2H3,(H,17,18). The van der Waals surface area contributed by atoms with Crippen molar-refractivity contribution in [1.29, 1.82) is 0 Å². The zero-order valence-electron chi connectivity index (χ0n) is 10.4. The molecular weight excluding hydrogens is 234 g/mol. The van der Waals surface area contributed by atoms with Crippen LogP contribution in [0, 0.1) is 0 Å². The number of carboxylic acid groups (broad SMARTS) is 1. The van der Waals surface area contributed by atoms with E-state index in [4.69, 9.17) is 10.8 Å². The lowest BCUT2D eigenvalue weighted by Crippen LogP contribution is -2.24. The van der Waals surface area contributed by atoms with Gasteiger partial charge in [0.15, 0.2) is 0 Å². The van der Waals surface area contributed by atoms with Gasteiger partial charge in [-0.25, -0.2) is 4.79 Å². The summed E-state index contributed by atoms with van der Waals surface area (Å²) in [5, 5.41) is 11.8. The summed E-state index contributed by atoms with van der Waals surface area (Å²) in [6, 6.07) is 4.42. The third-order valence-electron chi connectivity index (χ3n) is 2.45. The van der Waals surface area contributed by atoms with Gasteiger partial charge in [0, 0.05) is 27.1 Å². The number of hydrogen-bond donors (Lipinski definition) is 3. The molecule has 0 heterocycles. The van der Waals surface area contributed by atoms with Crippen molar-refractivity contribution >= 4 is 23.3 Å². The minimum atomic E-state index is -1.01. The maximum Gasteiger partial charge on any atom is 0.335 e. The van der Waals surface area contributed by atoms with Crippen molar-refractivity contribution in [3.63, 3.8) is 0 Å². The lowest BCUT2D eigenvalue weighted by Gasteiger charge is -2.12. The molecule has 0 saturated carbocycles. The second-order valence-corrected chi connectivity index (χ2v) is 4.07. The van der Waals surface area contributed by atoms with E-state index in [1.165, 1.54) is 23.1 Å². The number of anilines is 2. The first kappa shape index (κ1) is 13.8. The van der Waals surface area contributed by atoms with Crippen LogP contribution in [-0.2, 0) is 4.79 Å². The maximum atomic E-state index is 11.4. The summed E-state index contributed by atoms with van der Waals surface area (Å²) < 4.78 is 0. The summed E-state index contributed by atoms with van der Waals surface area (Å²) in [6.45, 7) is 0.407. The summed E-state index contributed by atoms with van der Waals surface area (Å²) in [5.74, 6) is -1.02. The monoisotopic (exact) mass is 251 g/mol. The summed E-state index contributed by atoms with van der Waals surface area (Å²) in [6.07, 6.45) is 0.323. The number of nitrogen functional groups attached to an aromatic ring is 1. The van der Waals surface area contributed by atoms with Gasteiger partial charge in [0.05, 0.1) is 16.9 Å². The van der Waals surface area contributed by atoms with Crippen LogP contribution in [0.3, 0.4) is 0 Å². The molecule has 0 aromatic heterocycles. The average Bonchev–Trinajstić information content (AvgIpc) is 2.30. The highest BCUT2D eigenvalue weighted by Crippen LogP contribution is 2.19. The fourth-order valence-electron chi connectivity index (χ4n) is 1.37. The predicted octanol–water partition coefficient (Wildman–Crippen LogP) is 0.857. The van der Waals surface area contributed by atoms with Crippen LogP contribution in [0.15, 0.2) is 18.2 Å². The van der Waals surface area contributed by atoms with Crippen LogP contribution in [-0.4, -0.2) is 42.5 Å². The normalized spacial score (nSPS) is 9.89. The molecule has 1 amide bonds. The van der Waals surface area contributed by atoms with Gasteiger partial charge in [-0.05, 0) is 18.2 Å². The van der Waals surface area contributed by atoms with Crippen molar-refractivity contribution in [2.75, 3.05) is 31.7 Å². The van der Waals surface area contributed by atoms with Crippen molar-refractivity contribution in [3.8, 4) is 0 Å². The molecule has 1 rings (SSSR count). The van der Waals surface area contributed by atoms with E-state index in [1.54, 1.807) is 14.1 Å². The van der Waals surface area contributed by atoms with Gasteiger partial charge in [-0.2, -0.15) is 0 Å². The van der Waals surface area contributed by atoms with Gasteiger partial charge in [-0.3, -0.25) is 4.79 Å². The molecule has 0 aliphatic rings. The van der Waals surface area contributed by atoms with E-state index in [0.29, 0.717) is 24.3 Å². The van der Waals surface area contributed by atoms with Gasteiger partial charge in [0.2, 0.25) is 5.91 Å². The Bertz CT molecular complexity index is 458. The Morgan fingerprint density at radius 3 is 2.61 bits per heavy atom. The van der Waals surface area contributed by atoms with Crippen LogP contribution in [0.25, 0.3) is 0 Å². The molecule has 0 radical (unpaired) electrons. The minimum Gasteiger partial charge on any atom is -0.478 e. The maximum absolute atomic E-state index is 11.4. The average molecular weight is 251 g/mol. The lowest BCUT2D eigenvalue weighted by atomic mass is 10.1. The number of nitrogens with one attached hydrogen (secondary N) is 1. The summed E-state index contributed by atoms with van der Waals surface area (Å²) in [7, 11) is 3.36. The van der Waals surface area contributed by atoms with Crippen molar-refractivity contribution in [2.24, 2.45) is 0 Å². The van der Waals surface area contributed by atoms with Crippen LogP contribution in [0.2, 0.25) is 0 Å². The molecule has 0 fully saturated rings. The van der Waals surface area contributed by atoms with Gasteiger partial charge >= 0.3 is 5.97 Å². The number of nitrogens with two attached hydrogens (primary N) is 1. The smallest absolute Gasteiger partial charge is 0.335 e. The number of carboxylic acids is 1. The second-order valence-electron chi connectivity index (χ2n) is 4.07. The Balaban J connectivity index is 2.64. The van der Waals surface area contributed by atoms with Crippen molar-refractivity contribution < 1.29 is 14.7 Å². The first-order valence-electron chi connectivity index (χ1n) is 5.48. The predicted molar refractivity (Wildman–Crippen MR) is 69.6 cm³/mol. The molecule has 0 unspecified atom stereocenters. The quantitative estimate of drug-likeness (QED) is 0.674. The first-order valence-corrected chi connectivity index (χ1v) is 5.48. The fraction of sp³-hybridized carbons (Fsp3) is 0.333. The van der Waals surface area contributed by atoms with E-state index < -0.39 is 5.97 Å². The number of aromatic carboxylic acids is 1. The van der Waals surface area contributed by atoms with Crippen LogP contribution < -0.4 is 11.1 Å². The van der Waals surface area contributed by atoms with Crippen LogP contribution >= 0.6 is 0 Å². The summed E-state index contributed by atoms with van der Waals surface area (Å²) in [4.78, 5) is 23.7. The number of nitrogens with zero attached hydrogens (tertiary/aromatic N) is 1.